The lowest BCUT2D eigenvalue weighted by Gasteiger charge is -2.16. The predicted molar refractivity (Wildman–Crippen MR) is 48.0 cm³/mol. The Morgan fingerprint density at radius 3 is 2.30 bits per heavy atom. The molecular weight excluding hydrogens is 142 g/mol. The lowest BCUT2D eigenvalue weighted by atomic mass is 10.1. The zero-order valence-corrected chi connectivity index (χ0v) is 7.93. The zero-order chi connectivity index (χ0) is 7.78. The van der Waals surface area contributed by atoms with Crippen molar-refractivity contribution in [2.24, 2.45) is 0 Å². The Morgan fingerprint density at radius 2 is 2.10 bits per heavy atom. The van der Waals surface area contributed by atoms with E-state index < -0.39 is 0 Å². The summed E-state index contributed by atoms with van der Waals surface area (Å²) in [6, 6.07) is 0. The highest BCUT2D eigenvalue weighted by molar-refractivity contribution is 8.03. The van der Waals surface area contributed by atoms with Crippen LogP contribution in [0.4, 0.5) is 0 Å². The largest absolute Gasteiger partial charge is 0.374 e. The normalized spacial score (nSPS) is 22.6. The van der Waals surface area contributed by atoms with E-state index in [2.05, 4.69) is 33.0 Å². The van der Waals surface area contributed by atoms with Gasteiger partial charge >= 0.3 is 0 Å². The van der Waals surface area contributed by atoms with Crippen LogP contribution in [0.5, 0.6) is 0 Å². The van der Waals surface area contributed by atoms with Gasteiger partial charge in [-0.15, -0.1) is 11.8 Å². The molecule has 0 amide bonds. The van der Waals surface area contributed by atoms with Gasteiger partial charge in [0.15, 0.2) is 0 Å². The molecule has 0 bridgehead atoms. The minimum atomic E-state index is 0.303. The van der Waals surface area contributed by atoms with Crippen molar-refractivity contribution >= 4 is 11.8 Å². The molecule has 0 aromatic carbocycles. The van der Waals surface area contributed by atoms with E-state index in [1.165, 1.54) is 16.4 Å². The van der Waals surface area contributed by atoms with Crippen LogP contribution in [-0.2, 0) is 0 Å². The fourth-order valence-corrected chi connectivity index (χ4v) is 2.12. The van der Waals surface area contributed by atoms with Crippen LogP contribution < -0.4 is 5.32 Å². The van der Waals surface area contributed by atoms with Crippen molar-refractivity contribution in [3.05, 3.63) is 10.6 Å². The predicted octanol–water partition coefficient (Wildman–Crippen LogP) is 2.35. The summed E-state index contributed by atoms with van der Waals surface area (Å²) in [4.78, 5) is 0. The first kappa shape index (κ1) is 7.99. The molecule has 0 atom stereocenters. The van der Waals surface area contributed by atoms with Crippen LogP contribution in [0, 0.1) is 0 Å². The van der Waals surface area contributed by atoms with Crippen molar-refractivity contribution in [3.8, 4) is 0 Å². The number of rotatable bonds is 0. The summed E-state index contributed by atoms with van der Waals surface area (Å²) in [5.74, 6) is 1.19. The van der Waals surface area contributed by atoms with Gasteiger partial charge in [-0.25, -0.2) is 0 Å². The van der Waals surface area contributed by atoms with E-state index in [9.17, 15) is 0 Å². The quantitative estimate of drug-likeness (QED) is 0.579. The van der Waals surface area contributed by atoms with Crippen molar-refractivity contribution in [2.75, 3.05) is 5.75 Å². The Labute approximate surface area is 67.3 Å². The minimum absolute atomic E-state index is 0.303. The number of hydrogen-bond donors (Lipinski definition) is 1. The topological polar surface area (TPSA) is 12.0 Å². The van der Waals surface area contributed by atoms with Gasteiger partial charge in [-0.3, -0.25) is 0 Å². The second-order valence-electron chi connectivity index (χ2n) is 3.63. The third-order valence-corrected chi connectivity index (χ3v) is 3.15. The van der Waals surface area contributed by atoms with Crippen molar-refractivity contribution in [2.45, 2.75) is 33.2 Å². The SMILES string of the molecule is CC(C)=C1NC(C)(C)CS1. The summed E-state index contributed by atoms with van der Waals surface area (Å²) >= 11 is 1.93. The smallest absolute Gasteiger partial charge is 0.0672 e. The fraction of sp³-hybridized carbons (Fsp3) is 0.750. The monoisotopic (exact) mass is 157 g/mol. The van der Waals surface area contributed by atoms with Crippen LogP contribution in [0.25, 0.3) is 0 Å². The van der Waals surface area contributed by atoms with Crippen LogP contribution in [0.2, 0.25) is 0 Å². The Morgan fingerprint density at radius 1 is 1.50 bits per heavy atom. The average Bonchev–Trinajstić information content (AvgIpc) is 2.10. The van der Waals surface area contributed by atoms with E-state index in [-0.39, 0.29) is 0 Å². The summed E-state index contributed by atoms with van der Waals surface area (Å²) in [6.07, 6.45) is 0. The summed E-state index contributed by atoms with van der Waals surface area (Å²) < 4.78 is 0. The molecule has 2 heteroatoms. The fourth-order valence-electron chi connectivity index (χ4n) is 0.901. The van der Waals surface area contributed by atoms with Gasteiger partial charge in [0.05, 0.1) is 5.03 Å². The second kappa shape index (κ2) is 2.50. The molecular formula is C8H15NS. The van der Waals surface area contributed by atoms with Crippen LogP contribution in [-0.4, -0.2) is 11.3 Å². The molecule has 1 saturated heterocycles. The maximum absolute atomic E-state index is 3.47. The van der Waals surface area contributed by atoms with Gasteiger partial charge in [0.25, 0.3) is 0 Å². The van der Waals surface area contributed by atoms with Crippen molar-refractivity contribution in [3.63, 3.8) is 0 Å². The Hall–Kier alpha value is -0.110. The number of hydrogen-bond acceptors (Lipinski definition) is 2. The van der Waals surface area contributed by atoms with E-state index in [0.29, 0.717) is 5.54 Å². The molecule has 1 N–H and O–H groups in total. The molecule has 1 rings (SSSR count). The molecule has 1 aliphatic rings. The average molecular weight is 157 g/mol. The van der Waals surface area contributed by atoms with Crippen LogP contribution >= 0.6 is 11.8 Å². The van der Waals surface area contributed by atoms with Gasteiger partial charge in [0.2, 0.25) is 0 Å². The minimum Gasteiger partial charge on any atom is -0.374 e. The highest BCUT2D eigenvalue weighted by Crippen LogP contribution is 2.30. The molecule has 58 valence electrons. The van der Waals surface area contributed by atoms with Gasteiger partial charge in [0, 0.05) is 11.3 Å². The van der Waals surface area contributed by atoms with E-state index in [4.69, 9.17) is 0 Å². The Balaban J connectivity index is 2.69. The molecule has 1 nitrogen and oxygen atoms in total. The Kier molecular flexibility index (Phi) is 1.99. The van der Waals surface area contributed by atoms with E-state index in [1.54, 1.807) is 0 Å². The summed E-state index contributed by atoms with van der Waals surface area (Å²) in [7, 11) is 0. The molecule has 0 unspecified atom stereocenters. The highest BCUT2D eigenvalue weighted by Gasteiger charge is 2.26. The molecule has 0 spiro atoms. The van der Waals surface area contributed by atoms with Gasteiger partial charge in [-0.1, -0.05) is 0 Å². The molecule has 0 aromatic rings. The number of nitrogens with one attached hydrogen (secondary N) is 1. The van der Waals surface area contributed by atoms with Gasteiger partial charge in [0.1, 0.15) is 0 Å². The zero-order valence-electron chi connectivity index (χ0n) is 7.12. The summed E-state index contributed by atoms with van der Waals surface area (Å²) in [5, 5.41) is 4.84. The highest BCUT2D eigenvalue weighted by atomic mass is 32.2. The van der Waals surface area contributed by atoms with Crippen molar-refractivity contribution in [1.29, 1.82) is 0 Å². The van der Waals surface area contributed by atoms with E-state index in [0.717, 1.165) is 0 Å². The van der Waals surface area contributed by atoms with E-state index in [1.807, 2.05) is 11.8 Å². The summed E-state index contributed by atoms with van der Waals surface area (Å²) in [5.41, 5.74) is 1.70. The molecule has 1 aliphatic heterocycles. The molecule has 0 aromatic heterocycles. The van der Waals surface area contributed by atoms with Crippen LogP contribution in [0.15, 0.2) is 10.6 Å². The third kappa shape index (κ3) is 1.69. The van der Waals surface area contributed by atoms with Crippen molar-refractivity contribution in [1.82, 2.24) is 5.32 Å². The molecule has 0 radical (unpaired) electrons. The van der Waals surface area contributed by atoms with E-state index >= 15 is 0 Å². The maximum Gasteiger partial charge on any atom is 0.0672 e. The maximum atomic E-state index is 3.47. The molecule has 1 fully saturated rings. The van der Waals surface area contributed by atoms with Crippen molar-refractivity contribution < 1.29 is 0 Å². The second-order valence-corrected chi connectivity index (χ2v) is 4.61. The van der Waals surface area contributed by atoms with Gasteiger partial charge < -0.3 is 5.32 Å². The number of thioether (sulfide) groups is 1. The number of allylic oxidation sites excluding steroid dienone is 1. The summed E-state index contributed by atoms with van der Waals surface area (Å²) in [6.45, 7) is 8.76. The van der Waals surface area contributed by atoms with Gasteiger partial charge in [-0.05, 0) is 33.3 Å². The molecule has 0 saturated carbocycles. The lowest BCUT2D eigenvalue weighted by Crippen LogP contribution is -2.34. The first-order chi connectivity index (χ1) is 4.51. The van der Waals surface area contributed by atoms with Crippen LogP contribution in [0.1, 0.15) is 27.7 Å². The molecule has 10 heavy (non-hydrogen) atoms. The van der Waals surface area contributed by atoms with Gasteiger partial charge in [-0.2, -0.15) is 0 Å². The Bertz CT molecular complexity index is 166. The first-order valence-electron chi connectivity index (χ1n) is 3.60. The third-order valence-electron chi connectivity index (χ3n) is 1.48. The standard InChI is InChI=1S/C8H15NS/c1-6(2)7-9-8(3,4)5-10-7/h9H,5H2,1-4H3. The molecule has 1 heterocycles. The lowest BCUT2D eigenvalue weighted by molar-refractivity contribution is 0.511. The van der Waals surface area contributed by atoms with Crippen LogP contribution in [0.3, 0.4) is 0 Å². The molecule has 0 aliphatic carbocycles. The first-order valence-corrected chi connectivity index (χ1v) is 4.58.